The Hall–Kier alpha value is -6.78. The van der Waals surface area contributed by atoms with E-state index < -0.39 is 0 Å². The molecule has 0 aliphatic carbocycles. The van der Waals surface area contributed by atoms with Crippen LogP contribution in [-0.2, 0) is 0 Å². The van der Waals surface area contributed by atoms with Crippen molar-refractivity contribution in [3.05, 3.63) is 182 Å². The summed E-state index contributed by atoms with van der Waals surface area (Å²) in [6.07, 6.45) is 1.81. The summed E-state index contributed by atoms with van der Waals surface area (Å²) in [4.78, 5) is 19.8. The van der Waals surface area contributed by atoms with Gasteiger partial charge in [-0.15, -0.1) is 0 Å². The van der Waals surface area contributed by atoms with Gasteiger partial charge in [0, 0.05) is 34.1 Å². The number of benzene rings is 7. The third kappa shape index (κ3) is 5.94. The van der Waals surface area contributed by atoms with Gasteiger partial charge in [0.15, 0.2) is 11.6 Å². The quantitative estimate of drug-likeness (QED) is 0.168. The van der Waals surface area contributed by atoms with E-state index in [9.17, 15) is 0 Å². The highest BCUT2D eigenvalue weighted by Crippen LogP contribution is 2.39. The zero-order valence-corrected chi connectivity index (χ0v) is 28.0. The smallest absolute Gasteiger partial charge is 0.160 e. The first kappa shape index (κ1) is 30.3. The molecule has 0 aliphatic rings. The van der Waals surface area contributed by atoms with Gasteiger partial charge in [0.25, 0.3) is 0 Å². The first-order valence-electron chi connectivity index (χ1n) is 17.1. The van der Waals surface area contributed by atoms with Crippen LogP contribution in [0.3, 0.4) is 0 Å². The Balaban J connectivity index is 1.31. The summed E-state index contributed by atoms with van der Waals surface area (Å²) in [6, 6.07) is 59.5. The number of aromatic nitrogens is 4. The highest BCUT2D eigenvalue weighted by atomic mass is 14.9. The Kier molecular flexibility index (Phi) is 7.67. The van der Waals surface area contributed by atoms with Crippen LogP contribution >= 0.6 is 0 Å². The first-order valence-corrected chi connectivity index (χ1v) is 17.1. The first-order chi connectivity index (χ1) is 25.2. The molecule has 0 unspecified atom stereocenters. The maximum atomic E-state index is 5.22. The molecule has 240 valence electrons. The average molecular weight is 653 g/mol. The lowest BCUT2D eigenvalue weighted by Crippen LogP contribution is -1.97. The van der Waals surface area contributed by atoms with E-state index in [0.717, 1.165) is 61.6 Å². The summed E-state index contributed by atoms with van der Waals surface area (Å²) in [5.41, 5.74) is 11.1. The highest BCUT2D eigenvalue weighted by Gasteiger charge is 2.16. The second kappa shape index (κ2) is 12.9. The Morgan fingerprint density at radius 3 is 1.65 bits per heavy atom. The minimum absolute atomic E-state index is 0.668. The number of rotatable bonds is 6. The minimum atomic E-state index is 0.668. The van der Waals surface area contributed by atoms with Crippen LogP contribution in [0.4, 0.5) is 0 Å². The number of aryl methyl sites for hydroxylation is 1. The van der Waals surface area contributed by atoms with E-state index in [2.05, 4.69) is 132 Å². The lowest BCUT2D eigenvalue weighted by atomic mass is 9.90. The number of nitrogens with zero attached hydrogens (tertiary/aromatic N) is 4. The van der Waals surface area contributed by atoms with Crippen molar-refractivity contribution >= 4 is 21.5 Å². The van der Waals surface area contributed by atoms with Gasteiger partial charge >= 0.3 is 0 Å². The number of fused-ring (bicyclic) bond motifs is 3. The van der Waals surface area contributed by atoms with Crippen LogP contribution in [0, 0.1) is 6.92 Å². The largest absolute Gasteiger partial charge is 0.237 e. The van der Waals surface area contributed by atoms with Gasteiger partial charge in [0.2, 0.25) is 0 Å². The average Bonchev–Trinajstić information content (AvgIpc) is 3.21. The Labute approximate surface area is 296 Å². The lowest BCUT2D eigenvalue weighted by molar-refractivity contribution is 1.11. The molecule has 0 saturated heterocycles. The van der Waals surface area contributed by atoms with Crippen molar-refractivity contribution in [1.29, 1.82) is 0 Å². The van der Waals surface area contributed by atoms with E-state index >= 15 is 0 Å². The van der Waals surface area contributed by atoms with Crippen LogP contribution < -0.4 is 0 Å². The molecule has 0 atom stereocenters. The summed E-state index contributed by atoms with van der Waals surface area (Å²) in [5, 5.41) is 4.87. The van der Waals surface area contributed by atoms with E-state index in [1.165, 1.54) is 21.5 Å². The monoisotopic (exact) mass is 652 g/mol. The summed E-state index contributed by atoms with van der Waals surface area (Å²) >= 11 is 0. The second-order valence-corrected chi connectivity index (χ2v) is 12.8. The Morgan fingerprint density at radius 1 is 0.353 bits per heavy atom. The molecular formula is C47H32N4. The van der Waals surface area contributed by atoms with Crippen molar-refractivity contribution in [1.82, 2.24) is 19.9 Å². The fraction of sp³-hybridized carbons (Fsp3) is 0.0213. The third-order valence-corrected chi connectivity index (χ3v) is 9.38. The Bertz CT molecular complexity index is 2640. The molecule has 0 fully saturated rings. The molecular weight excluding hydrogens is 621 g/mol. The molecule has 9 rings (SSSR count). The molecule has 2 heterocycles. The van der Waals surface area contributed by atoms with E-state index in [4.69, 9.17) is 15.0 Å². The zero-order chi connectivity index (χ0) is 34.1. The van der Waals surface area contributed by atoms with E-state index in [1.807, 2.05) is 55.6 Å². The minimum Gasteiger partial charge on any atom is -0.237 e. The van der Waals surface area contributed by atoms with Gasteiger partial charge < -0.3 is 0 Å². The molecule has 0 saturated carbocycles. The van der Waals surface area contributed by atoms with Crippen LogP contribution in [0.2, 0.25) is 0 Å². The van der Waals surface area contributed by atoms with Crippen molar-refractivity contribution in [2.75, 3.05) is 0 Å². The molecule has 0 spiro atoms. The van der Waals surface area contributed by atoms with Crippen LogP contribution in [0.5, 0.6) is 0 Å². The third-order valence-electron chi connectivity index (χ3n) is 9.38. The van der Waals surface area contributed by atoms with Gasteiger partial charge in [-0.3, -0.25) is 0 Å². The number of hydrogen-bond donors (Lipinski definition) is 0. The fourth-order valence-corrected chi connectivity index (χ4v) is 6.89. The van der Waals surface area contributed by atoms with Gasteiger partial charge in [-0.2, -0.15) is 0 Å². The molecule has 0 aliphatic heterocycles. The normalized spacial score (nSPS) is 11.2. The zero-order valence-electron chi connectivity index (χ0n) is 28.0. The fourth-order valence-electron chi connectivity index (χ4n) is 6.89. The van der Waals surface area contributed by atoms with Gasteiger partial charge in [0.05, 0.1) is 11.4 Å². The topological polar surface area (TPSA) is 51.6 Å². The van der Waals surface area contributed by atoms with Gasteiger partial charge in [0.1, 0.15) is 0 Å². The van der Waals surface area contributed by atoms with Crippen LogP contribution in [0.25, 0.3) is 89.1 Å². The summed E-state index contributed by atoms with van der Waals surface area (Å²) in [6.45, 7) is 1.99. The van der Waals surface area contributed by atoms with Gasteiger partial charge in [-0.25, -0.2) is 19.9 Å². The molecule has 2 aromatic heterocycles. The molecule has 0 N–H and O–H groups in total. The summed E-state index contributed by atoms with van der Waals surface area (Å²) < 4.78 is 0. The molecule has 9 aromatic rings. The number of hydrogen-bond acceptors (Lipinski definition) is 4. The van der Waals surface area contributed by atoms with Crippen LogP contribution in [-0.4, -0.2) is 19.9 Å². The molecule has 7 aromatic carbocycles. The van der Waals surface area contributed by atoms with Crippen LogP contribution in [0.1, 0.15) is 5.69 Å². The molecule has 0 radical (unpaired) electrons. The van der Waals surface area contributed by atoms with Crippen LogP contribution in [0.15, 0.2) is 176 Å². The lowest BCUT2D eigenvalue weighted by Gasteiger charge is -2.15. The summed E-state index contributed by atoms with van der Waals surface area (Å²) in [7, 11) is 0. The maximum absolute atomic E-state index is 5.22. The van der Waals surface area contributed by atoms with Crippen molar-refractivity contribution in [2.45, 2.75) is 6.92 Å². The molecule has 0 bridgehead atoms. The molecule has 51 heavy (non-hydrogen) atoms. The van der Waals surface area contributed by atoms with Crippen molar-refractivity contribution in [3.63, 3.8) is 0 Å². The maximum Gasteiger partial charge on any atom is 0.160 e. The standard InChI is InChI=1S/C47H32N4/c1-31-23-24-48-46(49-31)36-19-12-18-34(25-36)37-26-38(43-29-35-17-8-9-20-40(35)41-21-10-11-22-42(41)43)28-39(27-37)47-50-44(32-13-4-2-5-14-32)30-45(51-47)33-15-6-3-7-16-33/h2-30H,1H3. The van der Waals surface area contributed by atoms with Gasteiger partial charge in [-0.1, -0.05) is 127 Å². The SMILES string of the molecule is Cc1ccnc(-c2cccc(-c3cc(-c4nc(-c5ccccc5)cc(-c5ccccc5)n4)cc(-c4cc5ccccc5c5ccccc45)c3)c2)n1. The highest BCUT2D eigenvalue weighted by molar-refractivity contribution is 6.14. The van der Waals surface area contributed by atoms with E-state index in [-0.39, 0.29) is 0 Å². The molecule has 4 nitrogen and oxygen atoms in total. The van der Waals surface area contributed by atoms with Gasteiger partial charge in [-0.05, 0) is 93.2 Å². The van der Waals surface area contributed by atoms with E-state index in [0.29, 0.717) is 11.6 Å². The van der Waals surface area contributed by atoms with Crippen molar-refractivity contribution < 1.29 is 0 Å². The summed E-state index contributed by atoms with van der Waals surface area (Å²) in [5.74, 6) is 1.38. The predicted molar refractivity (Wildman–Crippen MR) is 210 cm³/mol. The van der Waals surface area contributed by atoms with E-state index in [1.54, 1.807) is 0 Å². The second-order valence-electron chi connectivity index (χ2n) is 12.8. The van der Waals surface area contributed by atoms with Crippen molar-refractivity contribution in [3.8, 4) is 67.5 Å². The molecule has 0 amide bonds. The van der Waals surface area contributed by atoms with Crippen molar-refractivity contribution in [2.24, 2.45) is 0 Å². The predicted octanol–water partition coefficient (Wildman–Crippen LogP) is 11.9. The molecule has 4 heteroatoms. The Morgan fingerprint density at radius 2 is 0.922 bits per heavy atom.